The van der Waals surface area contributed by atoms with Gasteiger partial charge in [-0.25, -0.2) is 0 Å². The highest BCUT2D eigenvalue weighted by atomic mass is 32.1. The van der Waals surface area contributed by atoms with Crippen LogP contribution in [0.25, 0.3) is 0 Å². The summed E-state index contributed by atoms with van der Waals surface area (Å²) in [5.74, 6) is 1.77. The van der Waals surface area contributed by atoms with Crippen molar-refractivity contribution in [3.8, 4) is 0 Å². The largest absolute Gasteiger partial charge is 0.305 e. The monoisotopic (exact) mass is 230 g/mol. The summed E-state index contributed by atoms with van der Waals surface area (Å²) in [5.41, 5.74) is 0. The van der Waals surface area contributed by atoms with E-state index in [2.05, 4.69) is 43.4 Å². The highest BCUT2D eigenvalue weighted by Gasteiger charge is 2.22. The van der Waals surface area contributed by atoms with Gasteiger partial charge in [0.15, 0.2) is 0 Å². The smallest absolute Gasteiger partial charge is 0.0220 e. The molecular weight excluding hydrogens is 204 g/mol. The molecule has 2 nitrogen and oxygen atoms in total. The fourth-order valence-electron chi connectivity index (χ4n) is 2.40. The lowest BCUT2D eigenvalue weighted by molar-refractivity contribution is 0.203. The molecule has 2 atom stereocenters. The van der Waals surface area contributed by atoms with Gasteiger partial charge in [0.05, 0.1) is 0 Å². The third-order valence-electron chi connectivity index (χ3n) is 3.60. The van der Waals surface area contributed by atoms with E-state index in [1.165, 1.54) is 38.9 Å². The van der Waals surface area contributed by atoms with Crippen molar-refractivity contribution in [2.75, 3.05) is 39.5 Å². The molecule has 0 saturated carbocycles. The average Bonchev–Trinajstić information content (AvgIpc) is 2.61. The molecule has 0 N–H and O–H groups in total. The van der Waals surface area contributed by atoms with Crippen molar-refractivity contribution in [1.82, 2.24) is 9.80 Å². The Morgan fingerprint density at radius 2 is 2.27 bits per heavy atom. The molecule has 0 aromatic carbocycles. The van der Waals surface area contributed by atoms with Crippen molar-refractivity contribution < 1.29 is 0 Å². The molecule has 90 valence electrons. The zero-order valence-corrected chi connectivity index (χ0v) is 11.3. The first-order chi connectivity index (χ1) is 7.17. The number of hydrogen-bond donors (Lipinski definition) is 1. The van der Waals surface area contributed by atoms with Crippen molar-refractivity contribution in [2.24, 2.45) is 5.92 Å². The third-order valence-corrected chi connectivity index (χ3v) is 4.12. The van der Waals surface area contributed by atoms with Gasteiger partial charge in [-0.1, -0.05) is 13.3 Å². The minimum absolute atomic E-state index is 0.755. The van der Waals surface area contributed by atoms with Crippen LogP contribution in [0, 0.1) is 5.92 Å². The SMILES string of the molecule is CCC(CS)CN(C)CC1CCCN1C. The third kappa shape index (κ3) is 4.33. The van der Waals surface area contributed by atoms with Gasteiger partial charge in [-0.05, 0) is 45.2 Å². The van der Waals surface area contributed by atoms with Crippen molar-refractivity contribution in [2.45, 2.75) is 32.2 Å². The van der Waals surface area contributed by atoms with Gasteiger partial charge in [-0.3, -0.25) is 0 Å². The Bertz CT molecular complexity index is 171. The van der Waals surface area contributed by atoms with E-state index in [0.717, 1.165) is 17.7 Å². The van der Waals surface area contributed by atoms with Gasteiger partial charge in [-0.15, -0.1) is 0 Å². The van der Waals surface area contributed by atoms with E-state index in [0.29, 0.717) is 0 Å². The van der Waals surface area contributed by atoms with Crippen LogP contribution in [0.2, 0.25) is 0 Å². The highest BCUT2D eigenvalue weighted by Crippen LogP contribution is 2.16. The molecule has 0 amide bonds. The van der Waals surface area contributed by atoms with E-state index in [9.17, 15) is 0 Å². The molecule has 0 aromatic heterocycles. The number of likely N-dealkylation sites (N-methyl/N-ethyl adjacent to an activating group) is 2. The van der Waals surface area contributed by atoms with E-state index >= 15 is 0 Å². The minimum Gasteiger partial charge on any atom is -0.305 e. The molecular formula is C12H26N2S. The van der Waals surface area contributed by atoms with Crippen LogP contribution in [0.3, 0.4) is 0 Å². The van der Waals surface area contributed by atoms with E-state index in [1.807, 2.05) is 0 Å². The maximum absolute atomic E-state index is 4.40. The topological polar surface area (TPSA) is 6.48 Å². The van der Waals surface area contributed by atoms with Crippen LogP contribution in [0.15, 0.2) is 0 Å². The second-order valence-corrected chi connectivity index (χ2v) is 5.32. The highest BCUT2D eigenvalue weighted by molar-refractivity contribution is 7.80. The molecule has 1 rings (SSSR count). The van der Waals surface area contributed by atoms with Crippen LogP contribution in [-0.2, 0) is 0 Å². The zero-order valence-electron chi connectivity index (χ0n) is 10.4. The minimum atomic E-state index is 0.755. The molecule has 0 aliphatic carbocycles. The summed E-state index contributed by atoms with van der Waals surface area (Å²) >= 11 is 4.40. The lowest BCUT2D eigenvalue weighted by Gasteiger charge is -2.28. The Morgan fingerprint density at radius 3 is 2.73 bits per heavy atom. The summed E-state index contributed by atoms with van der Waals surface area (Å²) in [6.07, 6.45) is 3.99. The number of nitrogens with zero attached hydrogens (tertiary/aromatic N) is 2. The van der Waals surface area contributed by atoms with Crippen LogP contribution in [-0.4, -0.2) is 55.3 Å². The molecule has 1 saturated heterocycles. The van der Waals surface area contributed by atoms with Gasteiger partial charge in [0.2, 0.25) is 0 Å². The molecule has 0 aromatic rings. The summed E-state index contributed by atoms with van der Waals surface area (Å²) < 4.78 is 0. The predicted octanol–water partition coefficient (Wildman–Crippen LogP) is 1.97. The summed E-state index contributed by atoms with van der Waals surface area (Å²) in [4.78, 5) is 4.98. The molecule has 0 spiro atoms. The van der Waals surface area contributed by atoms with Crippen molar-refractivity contribution >= 4 is 12.6 Å². The van der Waals surface area contributed by atoms with Crippen molar-refractivity contribution in [3.63, 3.8) is 0 Å². The average molecular weight is 230 g/mol. The number of likely N-dealkylation sites (tertiary alicyclic amines) is 1. The van der Waals surface area contributed by atoms with E-state index in [1.54, 1.807) is 0 Å². The fraction of sp³-hybridized carbons (Fsp3) is 1.00. The number of rotatable bonds is 6. The second-order valence-electron chi connectivity index (χ2n) is 4.95. The molecule has 0 radical (unpaired) electrons. The van der Waals surface area contributed by atoms with E-state index in [-0.39, 0.29) is 0 Å². The Balaban J connectivity index is 2.25. The fourth-order valence-corrected chi connectivity index (χ4v) is 2.77. The van der Waals surface area contributed by atoms with E-state index < -0.39 is 0 Å². The van der Waals surface area contributed by atoms with Gasteiger partial charge < -0.3 is 9.80 Å². The maximum atomic E-state index is 4.40. The van der Waals surface area contributed by atoms with Gasteiger partial charge in [0.1, 0.15) is 0 Å². The molecule has 1 fully saturated rings. The van der Waals surface area contributed by atoms with Crippen LogP contribution in [0.4, 0.5) is 0 Å². The first-order valence-corrected chi connectivity index (χ1v) is 6.80. The van der Waals surface area contributed by atoms with Gasteiger partial charge in [-0.2, -0.15) is 12.6 Å². The Morgan fingerprint density at radius 1 is 1.53 bits per heavy atom. The quantitative estimate of drug-likeness (QED) is 0.697. The standard InChI is InChI=1S/C12H26N2S/c1-4-11(10-15)8-13(2)9-12-6-5-7-14(12)3/h11-12,15H,4-10H2,1-3H3. The normalized spacial score (nSPS) is 25.0. The summed E-state index contributed by atoms with van der Waals surface area (Å²) in [7, 11) is 4.50. The first-order valence-electron chi connectivity index (χ1n) is 6.17. The lowest BCUT2D eigenvalue weighted by atomic mass is 10.1. The predicted molar refractivity (Wildman–Crippen MR) is 70.8 cm³/mol. The molecule has 3 heteroatoms. The van der Waals surface area contributed by atoms with Gasteiger partial charge in [0.25, 0.3) is 0 Å². The molecule has 0 bridgehead atoms. The molecule has 1 aliphatic heterocycles. The maximum Gasteiger partial charge on any atom is 0.0220 e. The molecule has 15 heavy (non-hydrogen) atoms. The van der Waals surface area contributed by atoms with Crippen molar-refractivity contribution in [3.05, 3.63) is 0 Å². The molecule has 1 heterocycles. The lowest BCUT2D eigenvalue weighted by Crippen LogP contribution is -2.38. The first kappa shape index (κ1) is 13.3. The second kappa shape index (κ2) is 6.77. The number of thiol groups is 1. The zero-order chi connectivity index (χ0) is 11.3. The van der Waals surface area contributed by atoms with Crippen LogP contribution in [0.5, 0.6) is 0 Å². The molecule has 2 unspecified atom stereocenters. The summed E-state index contributed by atoms with van der Waals surface area (Å²) in [5, 5.41) is 0. The van der Waals surface area contributed by atoms with Crippen LogP contribution >= 0.6 is 12.6 Å². The van der Waals surface area contributed by atoms with Crippen LogP contribution in [0.1, 0.15) is 26.2 Å². The van der Waals surface area contributed by atoms with Gasteiger partial charge in [0, 0.05) is 19.1 Å². The molecule has 1 aliphatic rings. The van der Waals surface area contributed by atoms with E-state index in [4.69, 9.17) is 0 Å². The Kier molecular flexibility index (Phi) is 6.02. The summed E-state index contributed by atoms with van der Waals surface area (Å²) in [6, 6.07) is 0.785. The Labute approximate surface area is 100 Å². The van der Waals surface area contributed by atoms with Crippen molar-refractivity contribution in [1.29, 1.82) is 0 Å². The number of hydrogen-bond acceptors (Lipinski definition) is 3. The Hall–Kier alpha value is 0.270. The summed E-state index contributed by atoms with van der Waals surface area (Å²) in [6.45, 7) is 5.96. The van der Waals surface area contributed by atoms with Crippen LogP contribution < -0.4 is 0 Å². The van der Waals surface area contributed by atoms with Gasteiger partial charge >= 0.3 is 0 Å².